The van der Waals surface area contributed by atoms with Crippen LogP contribution in [0.1, 0.15) is 19.4 Å². The zero-order chi connectivity index (χ0) is 15.1. The van der Waals surface area contributed by atoms with Crippen LogP contribution in [0.3, 0.4) is 0 Å². The first kappa shape index (κ1) is 19.0. The van der Waals surface area contributed by atoms with Gasteiger partial charge in [-0.2, -0.15) is 0 Å². The third kappa shape index (κ3) is 4.98. The molecule has 2 rings (SSSR count). The molecule has 0 bridgehead atoms. The summed E-state index contributed by atoms with van der Waals surface area (Å²) in [6.07, 6.45) is 1.83. The second kappa shape index (κ2) is 9.83. The smallest absolute Gasteiger partial charge is 0.191 e. The topological polar surface area (TPSA) is 67.0 Å². The van der Waals surface area contributed by atoms with E-state index in [4.69, 9.17) is 10.5 Å². The van der Waals surface area contributed by atoms with Crippen molar-refractivity contribution >= 4 is 35.8 Å². The maximum Gasteiger partial charge on any atom is 0.191 e. The van der Waals surface area contributed by atoms with Gasteiger partial charge >= 0.3 is 0 Å². The summed E-state index contributed by atoms with van der Waals surface area (Å²) >= 11 is 0. The molecular weight excluding hydrogens is 393 g/mol. The minimum Gasteiger partial charge on any atom is -0.378 e. The third-order valence-corrected chi connectivity index (χ3v) is 3.68. The fraction of sp³-hybridized carbons (Fsp3) is 0.600. The molecule has 0 saturated carbocycles. The zero-order valence-corrected chi connectivity index (χ0v) is 15.7. The SMILES string of the molecule is CCN(CC)C(N)=NCc1cccnc1N1CCOCC1.I. The molecule has 1 aromatic heterocycles. The Morgan fingerprint density at radius 3 is 2.68 bits per heavy atom. The molecule has 2 heterocycles. The van der Waals surface area contributed by atoms with Crippen LogP contribution < -0.4 is 10.6 Å². The predicted molar refractivity (Wildman–Crippen MR) is 101 cm³/mol. The van der Waals surface area contributed by atoms with E-state index >= 15 is 0 Å². The first-order chi connectivity index (χ1) is 10.3. The quantitative estimate of drug-likeness (QED) is 0.447. The van der Waals surface area contributed by atoms with Crippen LogP contribution in [0.4, 0.5) is 5.82 Å². The summed E-state index contributed by atoms with van der Waals surface area (Å²) in [7, 11) is 0. The number of anilines is 1. The Hall–Kier alpha value is -1.09. The summed E-state index contributed by atoms with van der Waals surface area (Å²) in [5.74, 6) is 1.59. The number of halogens is 1. The van der Waals surface area contributed by atoms with Crippen molar-refractivity contribution in [3.05, 3.63) is 23.9 Å². The molecule has 2 N–H and O–H groups in total. The number of hydrogen-bond donors (Lipinski definition) is 1. The normalized spacial score (nSPS) is 15.4. The van der Waals surface area contributed by atoms with Crippen LogP contribution in [0.5, 0.6) is 0 Å². The van der Waals surface area contributed by atoms with Gasteiger partial charge in [-0.25, -0.2) is 9.98 Å². The highest BCUT2D eigenvalue weighted by atomic mass is 127. The summed E-state index contributed by atoms with van der Waals surface area (Å²) in [5, 5.41) is 0. The lowest BCUT2D eigenvalue weighted by Crippen LogP contribution is -2.38. The van der Waals surface area contributed by atoms with E-state index < -0.39 is 0 Å². The molecule has 124 valence electrons. The molecule has 1 saturated heterocycles. The Bertz CT molecular complexity index is 473. The number of ether oxygens (including phenoxy) is 1. The van der Waals surface area contributed by atoms with Crippen LogP contribution in [-0.2, 0) is 11.3 Å². The summed E-state index contributed by atoms with van der Waals surface area (Å²) in [6, 6.07) is 4.01. The molecule has 0 unspecified atom stereocenters. The van der Waals surface area contributed by atoms with Gasteiger partial charge in [-0.05, 0) is 19.9 Å². The first-order valence-electron chi connectivity index (χ1n) is 7.57. The maximum absolute atomic E-state index is 6.04. The van der Waals surface area contributed by atoms with Gasteiger partial charge in [0.05, 0.1) is 19.8 Å². The molecule has 6 nitrogen and oxygen atoms in total. The minimum absolute atomic E-state index is 0. The fourth-order valence-corrected chi connectivity index (χ4v) is 2.43. The highest BCUT2D eigenvalue weighted by Crippen LogP contribution is 2.19. The number of nitrogens with zero attached hydrogens (tertiary/aromatic N) is 4. The maximum atomic E-state index is 6.04. The van der Waals surface area contributed by atoms with Crippen molar-refractivity contribution in [2.24, 2.45) is 10.7 Å². The molecule has 0 spiro atoms. The molecule has 0 atom stereocenters. The van der Waals surface area contributed by atoms with Crippen molar-refractivity contribution in [1.29, 1.82) is 0 Å². The van der Waals surface area contributed by atoms with Crippen LogP contribution in [0.25, 0.3) is 0 Å². The second-order valence-electron chi connectivity index (χ2n) is 4.93. The molecule has 7 heteroatoms. The zero-order valence-electron chi connectivity index (χ0n) is 13.4. The highest BCUT2D eigenvalue weighted by Gasteiger charge is 2.15. The number of morpholine rings is 1. The second-order valence-corrected chi connectivity index (χ2v) is 4.93. The standard InChI is InChI=1S/C15H25N5O.HI/c1-3-19(4-2)15(16)18-12-13-6-5-7-17-14(13)20-8-10-21-11-9-20;/h5-7H,3-4,8-12H2,1-2H3,(H2,16,18);1H. The van der Waals surface area contributed by atoms with E-state index in [1.165, 1.54) is 0 Å². The lowest BCUT2D eigenvalue weighted by molar-refractivity contribution is 0.122. The van der Waals surface area contributed by atoms with Gasteiger partial charge in [0.25, 0.3) is 0 Å². The largest absolute Gasteiger partial charge is 0.378 e. The van der Waals surface area contributed by atoms with Gasteiger partial charge in [0, 0.05) is 37.9 Å². The van der Waals surface area contributed by atoms with Crippen LogP contribution in [0, 0.1) is 0 Å². The van der Waals surface area contributed by atoms with Gasteiger partial charge in [-0.1, -0.05) is 6.07 Å². The third-order valence-electron chi connectivity index (χ3n) is 3.68. The average Bonchev–Trinajstić information content (AvgIpc) is 2.55. The van der Waals surface area contributed by atoms with Gasteiger partial charge in [-0.15, -0.1) is 24.0 Å². The average molecular weight is 419 g/mol. The Balaban J connectivity index is 0.00000242. The van der Waals surface area contributed by atoms with E-state index in [1.807, 2.05) is 17.2 Å². The molecule has 0 aromatic carbocycles. The van der Waals surface area contributed by atoms with Crippen molar-refractivity contribution < 1.29 is 4.74 Å². The van der Waals surface area contributed by atoms with Crippen molar-refractivity contribution in [3.63, 3.8) is 0 Å². The van der Waals surface area contributed by atoms with Gasteiger partial charge in [0.2, 0.25) is 0 Å². The van der Waals surface area contributed by atoms with Crippen molar-refractivity contribution in [2.45, 2.75) is 20.4 Å². The summed E-state index contributed by atoms with van der Waals surface area (Å²) in [4.78, 5) is 13.3. The Kier molecular flexibility index (Phi) is 8.47. The van der Waals surface area contributed by atoms with Crippen LogP contribution in [0.2, 0.25) is 0 Å². The van der Waals surface area contributed by atoms with Gasteiger partial charge < -0.3 is 20.3 Å². The van der Waals surface area contributed by atoms with E-state index in [1.54, 1.807) is 0 Å². The number of hydrogen-bond acceptors (Lipinski definition) is 4. The van der Waals surface area contributed by atoms with Gasteiger partial charge in [0.1, 0.15) is 5.82 Å². The summed E-state index contributed by atoms with van der Waals surface area (Å²) < 4.78 is 5.40. The molecule has 0 amide bonds. The lowest BCUT2D eigenvalue weighted by Gasteiger charge is -2.29. The van der Waals surface area contributed by atoms with Gasteiger partial charge in [0.15, 0.2) is 5.96 Å². The van der Waals surface area contributed by atoms with Crippen LogP contribution >= 0.6 is 24.0 Å². The number of guanidine groups is 1. The van der Waals surface area contributed by atoms with Gasteiger partial charge in [-0.3, -0.25) is 0 Å². The van der Waals surface area contributed by atoms with E-state index in [9.17, 15) is 0 Å². The molecule has 1 fully saturated rings. The Labute approximate surface area is 149 Å². The number of aromatic nitrogens is 1. The molecule has 1 aromatic rings. The van der Waals surface area contributed by atoms with E-state index in [0.717, 1.165) is 50.8 Å². The Morgan fingerprint density at radius 2 is 2.05 bits per heavy atom. The summed E-state index contributed by atoms with van der Waals surface area (Å²) in [5.41, 5.74) is 7.14. The van der Waals surface area contributed by atoms with Crippen LogP contribution in [0.15, 0.2) is 23.3 Å². The number of nitrogens with two attached hydrogens (primary N) is 1. The van der Waals surface area contributed by atoms with Crippen molar-refractivity contribution in [1.82, 2.24) is 9.88 Å². The molecule has 22 heavy (non-hydrogen) atoms. The number of pyridine rings is 1. The fourth-order valence-electron chi connectivity index (χ4n) is 2.43. The summed E-state index contributed by atoms with van der Waals surface area (Å²) in [6.45, 7) is 9.71. The molecular formula is C15H26IN5O. The molecule has 1 aliphatic rings. The predicted octanol–water partition coefficient (Wildman–Crippen LogP) is 1.69. The molecule has 0 radical (unpaired) electrons. The highest BCUT2D eigenvalue weighted by molar-refractivity contribution is 14.0. The van der Waals surface area contributed by atoms with E-state index in [-0.39, 0.29) is 24.0 Å². The van der Waals surface area contributed by atoms with Crippen molar-refractivity contribution in [3.8, 4) is 0 Å². The van der Waals surface area contributed by atoms with E-state index in [2.05, 4.69) is 34.8 Å². The first-order valence-corrected chi connectivity index (χ1v) is 7.57. The monoisotopic (exact) mass is 419 g/mol. The number of rotatable bonds is 5. The molecule has 0 aliphatic carbocycles. The van der Waals surface area contributed by atoms with Crippen molar-refractivity contribution in [2.75, 3.05) is 44.3 Å². The van der Waals surface area contributed by atoms with Crippen LogP contribution in [-0.4, -0.2) is 55.2 Å². The Morgan fingerprint density at radius 1 is 1.36 bits per heavy atom. The number of aliphatic imine (C=N–C) groups is 1. The minimum atomic E-state index is 0. The van der Waals surface area contributed by atoms with E-state index in [0.29, 0.717) is 12.5 Å². The lowest BCUT2D eigenvalue weighted by atomic mass is 10.2. The molecule has 1 aliphatic heterocycles.